The summed E-state index contributed by atoms with van der Waals surface area (Å²) in [5.41, 5.74) is 6.12. The summed E-state index contributed by atoms with van der Waals surface area (Å²) in [7, 11) is 0. The molecule has 2 atom stereocenters. The number of rotatable bonds is 3. The Morgan fingerprint density at radius 2 is 1.60 bits per heavy atom. The van der Waals surface area contributed by atoms with Crippen LogP contribution in [0.25, 0.3) is 5.69 Å². The summed E-state index contributed by atoms with van der Waals surface area (Å²) in [4.78, 5) is 13.7. The Morgan fingerprint density at radius 3 is 2.31 bits per heavy atom. The number of allylic oxidation sites excluding steroid dienone is 2. The van der Waals surface area contributed by atoms with Crippen molar-refractivity contribution in [3.63, 3.8) is 0 Å². The molecule has 3 aromatic carbocycles. The maximum absolute atomic E-state index is 13.7. The number of fused-ring (bicyclic) bond motifs is 1. The van der Waals surface area contributed by atoms with Crippen LogP contribution in [0.2, 0.25) is 0 Å². The molecule has 3 N–H and O–H groups in total. The van der Waals surface area contributed by atoms with Crippen LogP contribution in [-0.2, 0) is 4.79 Å². The number of phenols is 2. The summed E-state index contributed by atoms with van der Waals surface area (Å²) in [5.74, 6) is 0.208. The number of carbonyl (C=O) groups is 1. The normalized spacial score (nSPS) is 19.2. The molecule has 6 rings (SSSR count). The number of carbonyl (C=O) groups excluding carboxylic acids is 1. The molecule has 0 amide bonds. The first-order valence-electron chi connectivity index (χ1n) is 11.8. The van der Waals surface area contributed by atoms with E-state index in [-0.39, 0.29) is 23.2 Å². The first-order valence-corrected chi connectivity index (χ1v) is 11.8. The lowest BCUT2D eigenvalue weighted by Gasteiger charge is -2.36. The highest BCUT2D eigenvalue weighted by Gasteiger charge is 2.41. The van der Waals surface area contributed by atoms with Crippen molar-refractivity contribution in [2.45, 2.75) is 31.6 Å². The number of phenolic OH excluding ortho intramolecular Hbond substituents is 2. The van der Waals surface area contributed by atoms with Crippen LogP contribution in [0.15, 0.2) is 90.1 Å². The Labute approximate surface area is 203 Å². The van der Waals surface area contributed by atoms with Crippen LogP contribution in [0, 0.1) is 6.92 Å². The fourth-order valence-electron chi connectivity index (χ4n) is 5.45. The van der Waals surface area contributed by atoms with Crippen molar-refractivity contribution in [3.05, 3.63) is 113 Å². The molecule has 174 valence electrons. The largest absolute Gasteiger partial charge is 0.504 e. The predicted molar refractivity (Wildman–Crippen MR) is 134 cm³/mol. The summed E-state index contributed by atoms with van der Waals surface area (Å²) in [6.07, 6.45) is 1.12. The molecule has 4 aromatic rings. The zero-order chi connectivity index (χ0) is 24.1. The van der Waals surface area contributed by atoms with Gasteiger partial charge in [0.2, 0.25) is 0 Å². The van der Waals surface area contributed by atoms with Gasteiger partial charge in [0.1, 0.15) is 5.82 Å². The third kappa shape index (κ3) is 3.49. The van der Waals surface area contributed by atoms with Crippen molar-refractivity contribution < 1.29 is 15.0 Å². The number of aromatic nitrogens is 2. The minimum Gasteiger partial charge on any atom is -0.504 e. The number of nitrogens with one attached hydrogen (secondary N) is 1. The number of anilines is 1. The van der Waals surface area contributed by atoms with Crippen LogP contribution in [-0.4, -0.2) is 25.8 Å². The van der Waals surface area contributed by atoms with E-state index in [4.69, 9.17) is 5.10 Å². The second-order valence-corrected chi connectivity index (χ2v) is 9.23. The number of ketones is 1. The van der Waals surface area contributed by atoms with Crippen LogP contribution in [0.5, 0.6) is 11.5 Å². The quantitative estimate of drug-likeness (QED) is 0.347. The Morgan fingerprint density at radius 1 is 0.886 bits per heavy atom. The highest BCUT2D eigenvalue weighted by atomic mass is 16.3. The van der Waals surface area contributed by atoms with E-state index in [9.17, 15) is 15.0 Å². The molecule has 0 fully saturated rings. The molecule has 2 heterocycles. The molecule has 1 aliphatic heterocycles. The zero-order valence-corrected chi connectivity index (χ0v) is 19.3. The van der Waals surface area contributed by atoms with Gasteiger partial charge in [-0.05, 0) is 54.7 Å². The van der Waals surface area contributed by atoms with Gasteiger partial charge in [-0.25, -0.2) is 4.68 Å². The van der Waals surface area contributed by atoms with Crippen LogP contribution in [0.3, 0.4) is 0 Å². The van der Waals surface area contributed by atoms with Crippen molar-refractivity contribution in [1.29, 1.82) is 0 Å². The summed E-state index contributed by atoms with van der Waals surface area (Å²) in [6.45, 7) is 1.94. The van der Waals surface area contributed by atoms with Crippen molar-refractivity contribution in [3.8, 4) is 17.2 Å². The van der Waals surface area contributed by atoms with E-state index in [1.807, 2.05) is 60.1 Å². The second-order valence-electron chi connectivity index (χ2n) is 9.23. The monoisotopic (exact) mass is 463 g/mol. The number of hydrogen-bond donors (Lipinski definition) is 3. The van der Waals surface area contributed by atoms with Gasteiger partial charge in [0, 0.05) is 29.2 Å². The Bertz CT molecular complexity index is 1470. The second kappa shape index (κ2) is 8.17. The van der Waals surface area contributed by atoms with Gasteiger partial charge in [0.15, 0.2) is 17.3 Å². The van der Waals surface area contributed by atoms with E-state index in [1.54, 1.807) is 12.1 Å². The van der Waals surface area contributed by atoms with Crippen molar-refractivity contribution in [1.82, 2.24) is 9.78 Å². The van der Waals surface area contributed by atoms with Gasteiger partial charge in [0.05, 0.1) is 11.4 Å². The zero-order valence-electron chi connectivity index (χ0n) is 19.3. The number of Topliss-reactive ketones (excluding diaryl/α,β-unsaturated/α-hetero) is 1. The Balaban J connectivity index is 1.55. The average molecular weight is 464 g/mol. The molecule has 2 unspecified atom stereocenters. The van der Waals surface area contributed by atoms with Gasteiger partial charge >= 0.3 is 0 Å². The number of nitrogens with zero attached hydrogens (tertiary/aromatic N) is 2. The molecule has 6 heteroatoms. The van der Waals surface area contributed by atoms with Crippen molar-refractivity contribution in [2.24, 2.45) is 0 Å². The molecule has 0 bridgehead atoms. The fraction of sp³-hybridized carbons (Fsp3) is 0.172. The summed E-state index contributed by atoms with van der Waals surface area (Å²) >= 11 is 0. The fourth-order valence-corrected chi connectivity index (χ4v) is 5.45. The van der Waals surface area contributed by atoms with Gasteiger partial charge in [-0.3, -0.25) is 4.79 Å². The number of aromatic hydroxyl groups is 2. The molecular formula is C29H25N3O3. The van der Waals surface area contributed by atoms with E-state index in [1.165, 1.54) is 6.07 Å². The predicted octanol–water partition coefficient (Wildman–Crippen LogP) is 5.55. The number of aryl methyl sites for hydroxylation is 1. The van der Waals surface area contributed by atoms with E-state index in [0.717, 1.165) is 39.6 Å². The van der Waals surface area contributed by atoms with E-state index >= 15 is 0 Å². The van der Waals surface area contributed by atoms with E-state index < -0.39 is 5.92 Å². The van der Waals surface area contributed by atoms with Crippen LogP contribution in [0.4, 0.5) is 5.82 Å². The molecular weight excluding hydrogens is 438 g/mol. The van der Waals surface area contributed by atoms with Gasteiger partial charge in [-0.15, -0.1) is 0 Å². The van der Waals surface area contributed by atoms with Gasteiger partial charge in [-0.2, -0.15) is 5.10 Å². The molecule has 0 radical (unpaired) electrons. The van der Waals surface area contributed by atoms with Gasteiger partial charge in [-0.1, -0.05) is 54.6 Å². The van der Waals surface area contributed by atoms with Crippen LogP contribution < -0.4 is 5.32 Å². The molecule has 2 aliphatic rings. The third-order valence-electron chi connectivity index (χ3n) is 7.07. The Hall–Kier alpha value is -4.32. The highest BCUT2D eigenvalue weighted by Crippen LogP contribution is 2.50. The number of hydrogen-bond acceptors (Lipinski definition) is 5. The topological polar surface area (TPSA) is 87.4 Å². The molecule has 6 nitrogen and oxygen atoms in total. The van der Waals surface area contributed by atoms with Crippen molar-refractivity contribution in [2.75, 3.05) is 5.32 Å². The summed E-state index contributed by atoms with van der Waals surface area (Å²) < 4.78 is 1.89. The SMILES string of the molecule is Cc1nn(-c2ccccc2)c2c1C(c1ccc(O)c(O)c1)C1=C(CC(c3ccccc3)CC1=O)N2. The first-order chi connectivity index (χ1) is 17.0. The molecule has 1 aromatic heterocycles. The molecule has 35 heavy (non-hydrogen) atoms. The third-order valence-corrected chi connectivity index (χ3v) is 7.07. The molecule has 0 saturated carbocycles. The molecule has 1 aliphatic carbocycles. The van der Waals surface area contributed by atoms with Gasteiger partial charge in [0.25, 0.3) is 0 Å². The van der Waals surface area contributed by atoms with Crippen molar-refractivity contribution >= 4 is 11.6 Å². The number of benzene rings is 3. The molecule has 0 spiro atoms. The number of para-hydroxylation sites is 1. The lowest BCUT2D eigenvalue weighted by molar-refractivity contribution is -0.116. The first kappa shape index (κ1) is 21.2. The smallest absolute Gasteiger partial charge is 0.162 e. The standard InChI is InChI=1S/C29H25N3O3/c1-17-26-27(19-12-13-23(33)24(34)15-19)28-22(14-20(16-25(28)35)18-8-4-2-5-9-18)30-29(26)32(31-17)21-10-6-3-7-11-21/h2-13,15,20,27,30,33-34H,14,16H2,1H3. The maximum atomic E-state index is 13.7. The van der Waals surface area contributed by atoms with Gasteiger partial charge < -0.3 is 15.5 Å². The lowest BCUT2D eigenvalue weighted by atomic mass is 9.72. The Kier molecular flexibility index (Phi) is 4.95. The maximum Gasteiger partial charge on any atom is 0.162 e. The average Bonchev–Trinajstić information content (AvgIpc) is 3.21. The molecule has 0 saturated heterocycles. The van der Waals surface area contributed by atoms with Crippen LogP contribution >= 0.6 is 0 Å². The highest BCUT2D eigenvalue weighted by molar-refractivity contribution is 6.01. The van der Waals surface area contributed by atoms with E-state index in [0.29, 0.717) is 18.4 Å². The van der Waals surface area contributed by atoms with E-state index in [2.05, 4.69) is 17.4 Å². The summed E-state index contributed by atoms with van der Waals surface area (Å²) in [5, 5.41) is 28.7. The minimum absolute atomic E-state index is 0.0829. The van der Waals surface area contributed by atoms with Crippen LogP contribution in [0.1, 0.15) is 47.1 Å². The summed E-state index contributed by atoms with van der Waals surface area (Å²) in [6, 6.07) is 24.8. The minimum atomic E-state index is -0.394. The lowest BCUT2D eigenvalue weighted by Crippen LogP contribution is -2.30.